The van der Waals surface area contributed by atoms with Crippen molar-refractivity contribution in [2.75, 3.05) is 18.4 Å². The molecule has 3 atom stereocenters. The van der Waals surface area contributed by atoms with E-state index >= 15 is 0 Å². The van der Waals surface area contributed by atoms with Crippen molar-refractivity contribution >= 4 is 21.5 Å². The van der Waals surface area contributed by atoms with Gasteiger partial charge in [-0.1, -0.05) is 0 Å². The molecule has 1 aliphatic heterocycles. The van der Waals surface area contributed by atoms with Gasteiger partial charge >= 0.3 is 0 Å². The summed E-state index contributed by atoms with van der Waals surface area (Å²) in [5.74, 6) is -4.64. The summed E-state index contributed by atoms with van der Waals surface area (Å²) in [7, 11) is -3.37. The molecular formula is C19H24F3N5O3S. The first-order valence-corrected chi connectivity index (χ1v) is 12.0. The first-order valence-electron chi connectivity index (χ1n) is 10.5. The SMILES string of the molecule is O=S(=O)(C1CC1)N1CC[C@@H](Nc2ncc3c(F)cc(C4CCCC4(F)F)n3n2)[C@H](O)C1. The number of nitrogens with one attached hydrogen (secondary N) is 1. The third-order valence-corrected chi connectivity index (χ3v) is 8.90. The summed E-state index contributed by atoms with van der Waals surface area (Å²) in [5.41, 5.74) is 0.112. The zero-order valence-electron chi connectivity index (χ0n) is 16.7. The Morgan fingerprint density at radius 3 is 2.65 bits per heavy atom. The van der Waals surface area contributed by atoms with Crippen LogP contribution in [0, 0.1) is 5.82 Å². The highest BCUT2D eigenvalue weighted by Crippen LogP contribution is 2.47. The highest BCUT2D eigenvalue weighted by atomic mass is 32.2. The highest BCUT2D eigenvalue weighted by molar-refractivity contribution is 7.90. The zero-order valence-corrected chi connectivity index (χ0v) is 17.5. The lowest BCUT2D eigenvalue weighted by Crippen LogP contribution is -2.52. The number of aliphatic hydroxyl groups excluding tert-OH is 1. The molecule has 3 heterocycles. The van der Waals surface area contributed by atoms with Crippen LogP contribution in [-0.2, 0) is 10.0 Å². The predicted octanol–water partition coefficient (Wildman–Crippen LogP) is 2.11. The second-order valence-corrected chi connectivity index (χ2v) is 10.9. The molecule has 0 aromatic carbocycles. The van der Waals surface area contributed by atoms with Crippen LogP contribution in [0.5, 0.6) is 0 Å². The average molecular weight is 459 g/mol. The molecule has 0 amide bonds. The summed E-state index contributed by atoms with van der Waals surface area (Å²) in [6.45, 7) is 0.226. The number of nitrogens with zero attached hydrogens (tertiary/aromatic N) is 4. The van der Waals surface area contributed by atoms with Crippen LogP contribution in [0.3, 0.4) is 0 Å². The number of piperidine rings is 1. The molecule has 3 fully saturated rings. The van der Waals surface area contributed by atoms with Gasteiger partial charge in [0, 0.05) is 19.5 Å². The molecule has 0 bridgehead atoms. The molecule has 2 saturated carbocycles. The Morgan fingerprint density at radius 1 is 1.23 bits per heavy atom. The second kappa shape index (κ2) is 7.31. The Hall–Kier alpha value is -1.92. The van der Waals surface area contributed by atoms with Gasteiger partial charge < -0.3 is 10.4 Å². The van der Waals surface area contributed by atoms with Gasteiger partial charge in [-0.3, -0.25) is 0 Å². The number of rotatable bonds is 5. The van der Waals surface area contributed by atoms with Crippen LogP contribution >= 0.6 is 0 Å². The zero-order chi connectivity index (χ0) is 22.0. The van der Waals surface area contributed by atoms with Crippen molar-refractivity contribution < 1.29 is 26.7 Å². The van der Waals surface area contributed by atoms with Crippen molar-refractivity contribution in [1.29, 1.82) is 0 Å². The molecule has 0 spiro atoms. The van der Waals surface area contributed by atoms with Gasteiger partial charge in [-0.05, 0) is 38.2 Å². The molecule has 170 valence electrons. The molecule has 8 nitrogen and oxygen atoms in total. The van der Waals surface area contributed by atoms with Gasteiger partial charge in [0.15, 0.2) is 5.82 Å². The number of fused-ring (bicyclic) bond motifs is 1. The topological polar surface area (TPSA) is 99.8 Å². The molecule has 31 heavy (non-hydrogen) atoms. The third kappa shape index (κ3) is 3.68. The fourth-order valence-electron chi connectivity index (χ4n) is 4.63. The number of anilines is 1. The maximum Gasteiger partial charge on any atom is 0.256 e. The maximum atomic E-state index is 14.3. The van der Waals surface area contributed by atoms with E-state index in [1.54, 1.807) is 0 Å². The molecule has 3 aliphatic rings. The van der Waals surface area contributed by atoms with Crippen LogP contribution in [0.1, 0.15) is 50.1 Å². The molecule has 2 aliphatic carbocycles. The van der Waals surface area contributed by atoms with Gasteiger partial charge in [0.05, 0.1) is 35.2 Å². The van der Waals surface area contributed by atoms with Crippen LogP contribution in [0.2, 0.25) is 0 Å². The molecule has 2 aromatic rings. The number of aliphatic hydroxyl groups is 1. The van der Waals surface area contributed by atoms with Crippen LogP contribution in [-0.4, -0.2) is 68.8 Å². The minimum Gasteiger partial charge on any atom is -0.390 e. The fraction of sp³-hybridized carbons (Fsp3) is 0.684. The van der Waals surface area contributed by atoms with Crippen molar-refractivity contribution in [1.82, 2.24) is 18.9 Å². The number of halogens is 3. The van der Waals surface area contributed by atoms with Crippen LogP contribution in [0.4, 0.5) is 19.1 Å². The summed E-state index contributed by atoms with van der Waals surface area (Å²) < 4.78 is 70.1. The Labute approximate surface area is 177 Å². The smallest absolute Gasteiger partial charge is 0.256 e. The molecule has 0 radical (unpaired) electrons. The molecule has 2 N–H and O–H groups in total. The van der Waals surface area contributed by atoms with E-state index in [1.807, 2.05) is 0 Å². The molecule has 1 saturated heterocycles. The van der Waals surface area contributed by atoms with Crippen molar-refractivity contribution in [2.24, 2.45) is 0 Å². The first kappa shape index (κ1) is 21.0. The molecule has 12 heteroatoms. The number of hydrogen-bond donors (Lipinski definition) is 2. The van der Waals surface area contributed by atoms with Gasteiger partial charge in [-0.25, -0.2) is 31.1 Å². The first-order chi connectivity index (χ1) is 14.7. The van der Waals surface area contributed by atoms with Gasteiger partial charge in [0.1, 0.15) is 5.52 Å². The minimum atomic E-state index is -3.37. The van der Waals surface area contributed by atoms with Gasteiger partial charge in [-0.15, -0.1) is 5.10 Å². The van der Waals surface area contributed by atoms with Gasteiger partial charge in [-0.2, -0.15) is 4.31 Å². The lowest BCUT2D eigenvalue weighted by Gasteiger charge is -2.35. The standard InChI is InChI=1S/C19H24F3N5O3S/c20-13-8-15(12-2-1-6-19(12,21)22)27-16(13)9-23-18(25-27)24-14-5-7-26(10-17(14)28)31(29,30)11-3-4-11/h8-9,11-12,14,17,28H,1-7,10H2,(H,24,25)/t12?,14-,17-/m1/s1. The Kier molecular flexibility index (Phi) is 4.94. The van der Waals surface area contributed by atoms with E-state index in [0.29, 0.717) is 25.7 Å². The normalized spacial score (nSPS) is 29.5. The van der Waals surface area contributed by atoms with Gasteiger partial charge in [0.2, 0.25) is 16.0 Å². The number of hydrogen-bond acceptors (Lipinski definition) is 6. The van der Waals surface area contributed by atoms with Crippen LogP contribution in [0.25, 0.3) is 5.52 Å². The van der Waals surface area contributed by atoms with Crippen molar-refractivity contribution in [3.63, 3.8) is 0 Å². The Balaban J connectivity index is 1.36. The Morgan fingerprint density at radius 2 is 2.00 bits per heavy atom. The highest BCUT2D eigenvalue weighted by Gasteiger charge is 2.46. The lowest BCUT2D eigenvalue weighted by atomic mass is 10.0. The number of sulfonamides is 1. The van der Waals surface area contributed by atoms with Gasteiger partial charge in [0.25, 0.3) is 5.92 Å². The third-order valence-electron chi connectivity index (χ3n) is 6.53. The maximum absolute atomic E-state index is 14.3. The van der Waals surface area contributed by atoms with E-state index < -0.39 is 39.8 Å². The van der Waals surface area contributed by atoms with E-state index in [9.17, 15) is 26.7 Å². The predicted molar refractivity (Wildman–Crippen MR) is 106 cm³/mol. The van der Waals surface area contributed by atoms with E-state index in [2.05, 4.69) is 15.4 Å². The van der Waals surface area contributed by atoms with E-state index in [0.717, 1.165) is 10.6 Å². The van der Waals surface area contributed by atoms with Crippen molar-refractivity contribution in [2.45, 2.75) is 67.8 Å². The minimum absolute atomic E-state index is 0.00847. The summed E-state index contributed by atoms with van der Waals surface area (Å²) in [6, 6.07) is 0.577. The largest absolute Gasteiger partial charge is 0.390 e. The summed E-state index contributed by atoms with van der Waals surface area (Å²) in [4.78, 5) is 4.07. The molecule has 2 aromatic heterocycles. The molecular weight excluding hydrogens is 435 g/mol. The average Bonchev–Trinajstić information content (AvgIpc) is 3.46. The summed E-state index contributed by atoms with van der Waals surface area (Å²) in [5, 5.41) is 17.3. The monoisotopic (exact) mass is 459 g/mol. The number of aromatic nitrogens is 3. The summed E-state index contributed by atoms with van der Waals surface area (Å²) in [6.07, 6.45) is 2.25. The van der Waals surface area contributed by atoms with Crippen molar-refractivity contribution in [3.8, 4) is 0 Å². The fourth-order valence-corrected chi connectivity index (χ4v) is 6.50. The van der Waals surface area contributed by atoms with E-state index in [-0.39, 0.29) is 48.3 Å². The van der Waals surface area contributed by atoms with E-state index in [1.165, 1.54) is 10.5 Å². The quantitative estimate of drug-likeness (QED) is 0.711. The molecule has 1 unspecified atom stereocenters. The van der Waals surface area contributed by atoms with Crippen LogP contribution < -0.4 is 5.32 Å². The second-order valence-electron chi connectivity index (χ2n) is 8.71. The number of β-amino-alcohol motifs (C(OH)–C–C–N with tert-alkyl or cyclic N) is 1. The van der Waals surface area contributed by atoms with Crippen LogP contribution in [0.15, 0.2) is 12.3 Å². The van der Waals surface area contributed by atoms with E-state index in [4.69, 9.17) is 0 Å². The number of alkyl halides is 2. The Bertz CT molecular complexity index is 1100. The van der Waals surface area contributed by atoms with Crippen molar-refractivity contribution in [3.05, 3.63) is 23.8 Å². The molecule has 5 rings (SSSR count). The lowest BCUT2D eigenvalue weighted by molar-refractivity contribution is -0.0105. The summed E-state index contributed by atoms with van der Waals surface area (Å²) >= 11 is 0.